The predicted molar refractivity (Wildman–Crippen MR) is 78.3 cm³/mol. The molecule has 0 N–H and O–H groups in total. The van der Waals surface area contributed by atoms with E-state index in [4.69, 9.17) is 0 Å². The number of hydrogen-bond acceptors (Lipinski definition) is 3. The molecule has 8 heteroatoms. The number of carbonyl (C=O) groups is 1. The average molecular weight is 340 g/mol. The number of anilines is 1. The largest absolute Gasteiger partial charge is 0.423 e. The summed E-state index contributed by atoms with van der Waals surface area (Å²) in [6, 6.07) is 2.82. The molecule has 1 aliphatic heterocycles. The van der Waals surface area contributed by atoms with Crippen molar-refractivity contribution in [1.29, 1.82) is 0 Å². The Morgan fingerprint density at radius 2 is 1.92 bits per heavy atom. The first-order valence-corrected chi connectivity index (χ1v) is 7.94. The van der Waals surface area contributed by atoms with Gasteiger partial charge in [-0.25, -0.2) is 0 Å². The number of nitrogens with zero attached hydrogens (tertiary/aromatic N) is 2. The molecular formula is C16H15F3N2O3. The number of carbonyl (C=O) groups excluding carboxylic acids is 1. The van der Waals surface area contributed by atoms with E-state index < -0.39 is 22.4 Å². The van der Waals surface area contributed by atoms with Crippen molar-refractivity contribution in [1.82, 2.24) is 0 Å². The van der Waals surface area contributed by atoms with E-state index in [0.29, 0.717) is 18.4 Å². The first kappa shape index (κ1) is 15.4. The number of hydrogen-bond donors (Lipinski definition) is 0. The number of nitro benzene ring substituents is 1. The van der Waals surface area contributed by atoms with Gasteiger partial charge in [0, 0.05) is 24.2 Å². The van der Waals surface area contributed by atoms with Crippen LogP contribution in [0.2, 0.25) is 0 Å². The third kappa shape index (κ3) is 2.12. The van der Waals surface area contributed by atoms with E-state index in [1.807, 2.05) is 0 Å². The topological polar surface area (TPSA) is 63.5 Å². The van der Waals surface area contributed by atoms with Crippen LogP contribution in [0.4, 0.5) is 24.5 Å². The lowest BCUT2D eigenvalue weighted by atomic mass is 9.81. The fraction of sp³-hybridized carbons (Fsp3) is 0.562. The molecule has 0 unspecified atom stereocenters. The van der Waals surface area contributed by atoms with Gasteiger partial charge in [0.1, 0.15) is 5.56 Å². The van der Waals surface area contributed by atoms with Crippen molar-refractivity contribution in [3.05, 3.63) is 33.9 Å². The summed E-state index contributed by atoms with van der Waals surface area (Å²) < 4.78 is 39.4. The highest BCUT2D eigenvalue weighted by molar-refractivity contribution is 5.98. The number of alkyl halides is 3. The molecule has 3 aliphatic rings. The number of rotatable bonds is 2. The minimum Gasteiger partial charge on any atom is -0.312 e. The van der Waals surface area contributed by atoms with E-state index in [0.717, 1.165) is 31.4 Å². The van der Waals surface area contributed by atoms with Gasteiger partial charge in [0.05, 0.1) is 4.92 Å². The van der Waals surface area contributed by atoms with Crippen molar-refractivity contribution in [2.24, 2.45) is 23.7 Å². The third-order valence-electron chi connectivity index (χ3n) is 5.83. The molecule has 4 rings (SSSR count). The van der Waals surface area contributed by atoms with Gasteiger partial charge in [0.15, 0.2) is 0 Å². The second-order valence-corrected chi connectivity index (χ2v) is 6.93. The normalized spacial score (nSPS) is 31.6. The SMILES string of the molecule is O=C1[C@@H]2[C@@H]3CC[C@@H](C3)[C@@H]2CN1c1ccc([N+](=O)[O-])c(C(F)(F)F)c1. The number of benzene rings is 1. The van der Waals surface area contributed by atoms with Crippen LogP contribution in [0, 0.1) is 33.8 Å². The highest BCUT2D eigenvalue weighted by atomic mass is 19.4. The van der Waals surface area contributed by atoms with Crippen LogP contribution in [0.1, 0.15) is 24.8 Å². The number of fused-ring (bicyclic) bond motifs is 5. The van der Waals surface area contributed by atoms with Crippen LogP contribution < -0.4 is 4.90 Å². The van der Waals surface area contributed by atoms with Gasteiger partial charge in [-0.15, -0.1) is 0 Å². The molecule has 4 atom stereocenters. The Hall–Kier alpha value is -2.12. The Morgan fingerprint density at radius 1 is 1.21 bits per heavy atom. The summed E-state index contributed by atoms with van der Waals surface area (Å²) >= 11 is 0. The van der Waals surface area contributed by atoms with Crippen molar-refractivity contribution in [3.63, 3.8) is 0 Å². The maximum Gasteiger partial charge on any atom is 0.423 e. The lowest BCUT2D eigenvalue weighted by Gasteiger charge is -2.20. The van der Waals surface area contributed by atoms with Crippen LogP contribution in [0.25, 0.3) is 0 Å². The van der Waals surface area contributed by atoms with Gasteiger partial charge in [0.2, 0.25) is 5.91 Å². The predicted octanol–water partition coefficient (Wildman–Crippen LogP) is 3.62. The van der Waals surface area contributed by atoms with E-state index in [1.165, 1.54) is 11.0 Å². The Labute approximate surface area is 135 Å². The molecule has 1 aromatic carbocycles. The van der Waals surface area contributed by atoms with Crippen LogP contribution >= 0.6 is 0 Å². The van der Waals surface area contributed by atoms with E-state index in [-0.39, 0.29) is 23.4 Å². The molecule has 5 nitrogen and oxygen atoms in total. The average Bonchev–Trinajstić information content (AvgIpc) is 3.19. The van der Waals surface area contributed by atoms with Crippen LogP contribution in [-0.2, 0) is 11.0 Å². The molecule has 2 aliphatic carbocycles. The summed E-state index contributed by atoms with van der Waals surface area (Å²) in [7, 11) is 0. The summed E-state index contributed by atoms with van der Waals surface area (Å²) in [5.74, 6) is 0.815. The summed E-state index contributed by atoms with van der Waals surface area (Å²) in [6.45, 7) is 0.416. The molecule has 1 aromatic rings. The van der Waals surface area contributed by atoms with Gasteiger partial charge in [0.25, 0.3) is 5.69 Å². The monoisotopic (exact) mass is 340 g/mol. The van der Waals surface area contributed by atoms with E-state index >= 15 is 0 Å². The van der Waals surface area contributed by atoms with Gasteiger partial charge in [-0.05, 0) is 49.1 Å². The number of halogens is 3. The summed E-state index contributed by atoms with van der Waals surface area (Å²) in [6.07, 6.45) is -1.69. The van der Waals surface area contributed by atoms with Gasteiger partial charge in [-0.2, -0.15) is 13.2 Å². The lowest BCUT2D eigenvalue weighted by molar-refractivity contribution is -0.388. The molecule has 0 radical (unpaired) electrons. The fourth-order valence-corrected chi connectivity index (χ4v) is 4.85. The molecule has 2 bridgehead atoms. The zero-order valence-corrected chi connectivity index (χ0v) is 12.6. The molecule has 0 aromatic heterocycles. The highest BCUT2D eigenvalue weighted by Gasteiger charge is 2.56. The van der Waals surface area contributed by atoms with Crippen LogP contribution in [0.3, 0.4) is 0 Å². The smallest absolute Gasteiger partial charge is 0.312 e. The fourth-order valence-electron chi connectivity index (χ4n) is 4.85. The Balaban J connectivity index is 1.70. The molecule has 3 fully saturated rings. The summed E-state index contributed by atoms with van der Waals surface area (Å²) in [5.41, 5.74) is -2.19. The van der Waals surface area contributed by atoms with Gasteiger partial charge < -0.3 is 4.90 Å². The van der Waals surface area contributed by atoms with Crippen molar-refractivity contribution < 1.29 is 22.9 Å². The van der Waals surface area contributed by atoms with E-state index in [9.17, 15) is 28.1 Å². The van der Waals surface area contributed by atoms with Crippen molar-refractivity contribution in [2.45, 2.75) is 25.4 Å². The first-order valence-electron chi connectivity index (χ1n) is 7.94. The first-order chi connectivity index (χ1) is 11.3. The molecular weight excluding hydrogens is 325 g/mol. The Bertz CT molecular complexity index is 734. The lowest BCUT2D eigenvalue weighted by Crippen LogP contribution is -2.29. The van der Waals surface area contributed by atoms with Crippen molar-refractivity contribution in [2.75, 3.05) is 11.4 Å². The zero-order chi connectivity index (χ0) is 17.2. The molecule has 0 spiro atoms. The van der Waals surface area contributed by atoms with Crippen LogP contribution in [0.5, 0.6) is 0 Å². The Morgan fingerprint density at radius 3 is 2.54 bits per heavy atom. The van der Waals surface area contributed by atoms with Crippen LogP contribution in [-0.4, -0.2) is 17.4 Å². The molecule has 24 heavy (non-hydrogen) atoms. The molecule has 1 amide bonds. The van der Waals surface area contributed by atoms with E-state index in [2.05, 4.69) is 0 Å². The molecule has 1 heterocycles. The maximum atomic E-state index is 13.1. The minimum absolute atomic E-state index is 0.0896. The van der Waals surface area contributed by atoms with Gasteiger partial charge in [-0.1, -0.05) is 0 Å². The highest BCUT2D eigenvalue weighted by Crippen LogP contribution is 2.56. The van der Waals surface area contributed by atoms with Gasteiger partial charge in [-0.3, -0.25) is 14.9 Å². The maximum absolute atomic E-state index is 13.1. The molecule has 2 saturated carbocycles. The zero-order valence-electron chi connectivity index (χ0n) is 12.6. The van der Waals surface area contributed by atoms with Crippen LogP contribution in [0.15, 0.2) is 18.2 Å². The van der Waals surface area contributed by atoms with Gasteiger partial charge >= 0.3 is 6.18 Å². The van der Waals surface area contributed by atoms with Crippen molar-refractivity contribution in [3.8, 4) is 0 Å². The Kier molecular flexibility index (Phi) is 3.17. The number of nitro groups is 1. The standard InChI is InChI=1S/C16H15F3N2O3/c17-16(18,19)12-6-10(3-4-13(12)21(23)24)20-7-11-8-1-2-9(5-8)14(11)15(20)22/h3-4,6,8-9,11,14H,1-2,5,7H2/t8-,9+,11-,14+/m0/s1. The second-order valence-electron chi connectivity index (χ2n) is 6.93. The summed E-state index contributed by atoms with van der Waals surface area (Å²) in [5, 5.41) is 10.8. The molecule has 1 saturated heterocycles. The van der Waals surface area contributed by atoms with E-state index in [1.54, 1.807) is 0 Å². The third-order valence-corrected chi connectivity index (χ3v) is 5.83. The molecule has 128 valence electrons. The second kappa shape index (κ2) is 4.94. The quantitative estimate of drug-likeness (QED) is 0.610. The minimum atomic E-state index is -4.84. The number of amides is 1. The van der Waals surface area contributed by atoms with Crippen molar-refractivity contribution >= 4 is 17.3 Å². The summed E-state index contributed by atoms with van der Waals surface area (Å²) in [4.78, 5) is 23.9.